The maximum atomic E-state index is 12.9. The Hall–Kier alpha value is -3.12. The van der Waals surface area contributed by atoms with Crippen LogP contribution < -0.4 is 11.1 Å². The molecule has 3 aromatic rings. The molecule has 140 valence electrons. The third kappa shape index (κ3) is 3.05. The number of rotatable bonds is 5. The Bertz CT molecular complexity index is 1140. The lowest BCUT2D eigenvalue weighted by atomic mass is 9.83. The summed E-state index contributed by atoms with van der Waals surface area (Å²) in [6.07, 6.45) is 0. The van der Waals surface area contributed by atoms with E-state index in [2.05, 4.69) is 5.32 Å². The van der Waals surface area contributed by atoms with Crippen LogP contribution in [0, 0.1) is 0 Å². The monoisotopic (exact) mass is 390 g/mol. The molecular weight excluding hydrogens is 372 g/mol. The number of amides is 2. The lowest BCUT2D eigenvalue weighted by molar-refractivity contribution is -0.125. The molecule has 0 bridgehead atoms. The van der Waals surface area contributed by atoms with E-state index in [-0.39, 0.29) is 17.4 Å². The van der Waals surface area contributed by atoms with Crippen LogP contribution >= 0.6 is 11.8 Å². The molecule has 0 unspecified atom stereocenters. The molecule has 5 nitrogen and oxygen atoms in total. The zero-order chi connectivity index (χ0) is 19.8. The number of carbonyl (C=O) groups is 3. The molecule has 0 saturated heterocycles. The number of hydrogen-bond acceptors (Lipinski definition) is 4. The number of nitrogens with one attached hydrogen (secondary N) is 1. The number of nitrogens with two attached hydrogens (primary N) is 1. The van der Waals surface area contributed by atoms with Crippen molar-refractivity contribution in [1.29, 1.82) is 0 Å². The Balaban J connectivity index is 1.70. The largest absolute Gasteiger partial charge is 0.368 e. The molecule has 6 heteroatoms. The summed E-state index contributed by atoms with van der Waals surface area (Å²) >= 11 is 1.37. The first kappa shape index (κ1) is 18.3. The third-order valence-electron chi connectivity index (χ3n) is 4.87. The molecule has 0 fully saturated rings. The van der Waals surface area contributed by atoms with E-state index in [1.807, 2.05) is 54.6 Å². The molecule has 1 aliphatic carbocycles. The van der Waals surface area contributed by atoms with Gasteiger partial charge in [0.15, 0.2) is 5.78 Å². The molecule has 0 radical (unpaired) electrons. The third-order valence-corrected chi connectivity index (χ3v) is 5.94. The van der Waals surface area contributed by atoms with Crippen LogP contribution in [0.1, 0.15) is 22.8 Å². The van der Waals surface area contributed by atoms with Gasteiger partial charge in [0.2, 0.25) is 11.8 Å². The Labute approximate surface area is 166 Å². The van der Waals surface area contributed by atoms with E-state index >= 15 is 0 Å². The van der Waals surface area contributed by atoms with Crippen molar-refractivity contribution < 1.29 is 14.4 Å². The Morgan fingerprint density at radius 3 is 2.43 bits per heavy atom. The van der Waals surface area contributed by atoms with Gasteiger partial charge in [-0.15, -0.1) is 11.8 Å². The molecule has 28 heavy (non-hydrogen) atoms. The molecule has 0 aliphatic heterocycles. The molecule has 0 heterocycles. The lowest BCUT2D eigenvalue weighted by Crippen LogP contribution is -2.42. The second-order valence-electron chi connectivity index (χ2n) is 6.69. The molecule has 0 saturated carbocycles. The highest BCUT2D eigenvalue weighted by Crippen LogP contribution is 2.42. The molecule has 1 aliphatic rings. The van der Waals surface area contributed by atoms with E-state index < -0.39 is 11.9 Å². The van der Waals surface area contributed by atoms with Crippen molar-refractivity contribution in [1.82, 2.24) is 5.32 Å². The zero-order valence-electron chi connectivity index (χ0n) is 15.2. The Morgan fingerprint density at radius 1 is 0.964 bits per heavy atom. The first-order valence-corrected chi connectivity index (χ1v) is 9.87. The fourth-order valence-electron chi connectivity index (χ4n) is 3.48. The molecular formula is C22H18N2O3S. The highest BCUT2D eigenvalue weighted by molar-refractivity contribution is 8.00. The topological polar surface area (TPSA) is 89.3 Å². The number of fused-ring (bicyclic) bond motifs is 2. The van der Waals surface area contributed by atoms with E-state index in [0.29, 0.717) is 11.1 Å². The summed E-state index contributed by atoms with van der Waals surface area (Å²) in [6.45, 7) is 1.55. The van der Waals surface area contributed by atoms with Crippen molar-refractivity contribution in [3.8, 4) is 11.1 Å². The van der Waals surface area contributed by atoms with Crippen LogP contribution in [-0.2, 0) is 9.59 Å². The normalized spacial score (nSPS) is 13.1. The summed E-state index contributed by atoms with van der Waals surface area (Å²) in [5.41, 5.74) is 8.53. The molecule has 2 amide bonds. The number of hydrogen-bond donors (Lipinski definition) is 2. The zero-order valence-corrected chi connectivity index (χ0v) is 16.0. The fourth-order valence-corrected chi connectivity index (χ4v) is 4.34. The second-order valence-corrected chi connectivity index (χ2v) is 7.71. The lowest BCUT2D eigenvalue weighted by Gasteiger charge is -2.21. The highest BCUT2D eigenvalue weighted by Gasteiger charge is 2.25. The number of ketones is 1. The van der Waals surface area contributed by atoms with Crippen LogP contribution in [0.25, 0.3) is 21.9 Å². The Morgan fingerprint density at radius 2 is 1.68 bits per heavy atom. The van der Waals surface area contributed by atoms with E-state index in [1.165, 1.54) is 11.8 Å². The van der Waals surface area contributed by atoms with Gasteiger partial charge in [-0.25, -0.2) is 0 Å². The molecule has 0 spiro atoms. The van der Waals surface area contributed by atoms with Crippen molar-refractivity contribution in [2.24, 2.45) is 5.73 Å². The van der Waals surface area contributed by atoms with E-state index in [4.69, 9.17) is 5.73 Å². The van der Waals surface area contributed by atoms with Gasteiger partial charge in [-0.3, -0.25) is 14.4 Å². The highest BCUT2D eigenvalue weighted by atomic mass is 32.2. The molecule has 4 rings (SSSR count). The number of carbonyl (C=O) groups excluding carboxylic acids is 3. The van der Waals surface area contributed by atoms with Gasteiger partial charge in [-0.1, -0.05) is 48.5 Å². The van der Waals surface area contributed by atoms with Crippen LogP contribution in [0.2, 0.25) is 0 Å². The van der Waals surface area contributed by atoms with E-state index in [0.717, 1.165) is 26.8 Å². The van der Waals surface area contributed by atoms with Gasteiger partial charge in [0, 0.05) is 21.4 Å². The SMILES string of the molecule is C[C@H](NC(=O)CSc1ccc2c3c(cccc13)C(=O)c1ccccc1-2)C(N)=O. The quantitative estimate of drug-likeness (QED) is 0.513. The molecule has 3 aromatic carbocycles. The van der Waals surface area contributed by atoms with Crippen molar-refractivity contribution in [3.05, 3.63) is 65.7 Å². The van der Waals surface area contributed by atoms with Gasteiger partial charge in [0.05, 0.1) is 5.75 Å². The smallest absolute Gasteiger partial charge is 0.239 e. The summed E-state index contributed by atoms with van der Waals surface area (Å²) in [7, 11) is 0. The predicted octanol–water partition coefficient (Wildman–Crippen LogP) is 3.13. The number of thioether (sulfide) groups is 1. The van der Waals surface area contributed by atoms with Gasteiger partial charge in [-0.05, 0) is 29.5 Å². The van der Waals surface area contributed by atoms with Crippen LogP contribution in [0.5, 0.6) is 0 Å². The minimum Gasteiger partial charge on any atom is -0.368 e. The summed E-state index contributed by atoms with van der Waals surface area (Å²) < 4.78 is 0. The maximum Gasteiger partial charge on any atom is 0.239 e. The minimum absolute atomic E-state index is 0.0175. The average molecular weight is 390 g/mol. The second kappa shape index (κ2) is 7.13. The van der Waals surface area contributed by atoms with Crippen LogP contribution in [0.3, 0.4) is 0 Å². The summed E-state index contributed by atoms with van der Waals surface area (Å²) in [6, 6.07) is 16.6. The van der Waals surface area contributed by atoms with Gasteiger partial charge >= 0.3 is 0 Å². The number of benzene rings is 3. The number of primary amides is 1. The molecule has 3 N–H and O–H groups in total. The van der Waals surface area contributed by atoms with Crippen molar-refractivity contribution in [2.75, 3.05) is 5.75 Å². The minimum atomic E-state index is -0.710. The average Bonchev–Trinajstić information content (AvgIpc) is 2.70. The van der Waals surface area contributed by atoms with Crippen LogP contribution in [0.4, 0.5) is 0 Å². The van der Waals surface area contributed by atoms with Crippen molar-refractivity contribution in [3.63, 3.8) is 0 Å². The van der Waals surface area contributed by atoms with Crippen LogP contribution in [0.15, 0.2) is 59.5 Å². The summed E-state index contributed by atoms with van der Waals surface area (Å²) in [5, 5.41) is 4.44. The molecule has 0 aromatic heterocycles. The first-order chi connectivity index (χ1) is 13.5. The summed E-state index contributed by atoms with van der Waals surface area (Å²) in [5.74, 6) is -0.667. The van der Waals surface area contributed by atoms with Gasteiger partial charge in [-0.2, -0.15) is 0 Å². The fraction of sp³-hybridized carbons (Fsp3) is 0.136. The Kier molecular flexibility index (Phi) is 4.65. The van der Waals surface area contributed by atoms with Gasteiger partial charge < -0.3 is 11.1 Å². The van der Waals surface area contributed by atoms with Gasteiger partial charge in [0.25, 0.3) is 0 Å². The summed E-state index contributed by atoms with van der Waals surface area (Å²) in [4.78, 5) is 37.0. The van der Waals surface area contributed by atoms with Crippen molar-refractivity contribution >= 4 is 40.1 Å². The predicted molar refractivity (Wildman–Crippen MR) is 110 cm³/mol. The standard InChI is InChI=1S/C22H18N2O3S/c1-12(22(23)27)24-19(25)11-28-18-10-9-14-13-5-2-3-6-15(13)21(26)17-8-4-7-16(18)20(14)17/h2-10,12H,11H2,1H3,(H2,23,27)(H,24,25)/t12-/m0/s1. The molecule has 1 atom stereocenters. The van der Waals surface area contributed by atoms with Crippen LogP contribution in [-0.4, -0.2) is 29.4 Å². The van der Waals surface area contributed by atoms with Gasteiger partial charge in [0.1, 0.15) is 6.04 Å². The van der Waals surface area contributed by atoms with E-state index in [1.54, 1.807) is 6.92 Å². The maximum absolute atomic E-state index is 12.9. The van der Waals surface area contributed by atoms with Crippen molar-refractivity contribution in [2.45, 2.75) is 17.9 Å². The first-order valence-electron chi connectivity index (χ1n) is 8.88. The van der Waals surface area contributed by atoms with E-state index in [9.17, 15) is 14.4 Å².